The van der Waals surface area contributed by atoms with E-state index in [1.807, 2.05) is 48.5 Å². The predicted octanol–water partition coefficient (Wildman–Crippen LogP) is 2.95. The second kappa shape index (κ2) is 5.37. The molecule has 2 aromatic carbocycles. The van der Waals surface area contributed by atoms with Crippen LogP contribution in [0, 0.1) is 0 Å². The van der Waals surface area contributed by atoms with Gasteiger partial charge in [0.05, 0.1) is 7.11 Å². The highest BCUT2D eigenvalue weighted by Gasteiger charge is 2.04. The Bertz CT molecular complexity index is 483. The average molecular weight is 229 g/mol. The summed E-state index contributed by atoms with van der Waals surface area (Å²) in [6.07, 6.45) is 0. The van der Waals surface area contributed by atoms with Gasteiger partial charge in [-0.3, -0.25) is 0 Å². The summed E-state index contributed by atoms with van der Waals surface area (Å²) in [6, 6.07) is 15.3. The molecule has 3 heteroatoms. The largest absolute Gasteiger partial charge is 0.496 e. The lowest BCUT2D eigenvalue weighted by Crippen LogP contribution is -1.99. The number of hydrogen-bond acceptors (Lipinski definition) is 3. The zero-order valence-electron chi connectivity index (χ0n) is 9.72. The molecule has 17 heavy (non-hydrogen) atoms. The van der Waals surface area contributed by atoms with Crippen molar-refractivity contribution in [2.75, 3.05) is 7.11 Å². The van der Waals surface area contributed by atoms with Gasteiger partial charge in [0.1, 0.15) is 17.2 Å². The normalized spacial score (nSPS) is 10.0. The summed E-state index contributed by atoms with van der Waals surface area (Å²) in [5.41, 5.74) is 6.57. The van der Waals surface area contributed by atoms with E-state index in [1.54, 1.807) is 7.11 Å². The lowest BCUT2D eigenvalue weighted by atomic mass is 10.2. The monoisotopic (exact) mass is 229 g/mol. The Morgan fingerprint density at radius 2 is 1.76 bits per heavy atom. The van der Waals surface area contributed by atoms with Gasteiger partial charge in [-0.25, -0.2) is 0 Å². The molecule has 0 aliphatic heterocycles. The highest BCUT2D eigenvalue weighted by Crippen LogP contribution is 2.27. The van der Waals surface area contributed by atoms with Crippen molar-refractivity contribution in [3.05, 3.63) is 54.1 Å². The van der Waals surface area contributed by atoms with Crippen molar-refractivity contribution in [2.45, 2.75) is 6.54 Å². The highest BCUT2D eigenvalue weighted by molar-refractivity contribution is 5.42. The van der Waals surface area contributed by atoms with Crippen LogP contribution in [0.5, 0.6) is 17.2 Å². The van der Waals surface area contributed by atoms with Crippen LogP contribution < -0.4 is 15.2 Å². The molecule has 0 atom stereocenters. The quantitative estimate of drug-likeness (QED) is 0.876. The molecule has 3 nitrogen and oxygen atoms in total. The van der Waals surface area contributed by atoms with E-state index >= 15 is 0 Å². The molecule has 0 aromatic heterocycles. The fourth-order valence-electron chi connectivity index (χ4n) is 1.58. The zero-order chi connectivity index (χ0) is 12.1. The summed E-state index contributed by atoms with van der Waals surface area (Å²) in [6.45, 7) is 0.453. The summed E-state index contributed by atoms with van der Waals surface area (Å²) in [7, 11) is 1.63. The maximum atomic E-state index is 5.70. The topological polar surface area (TPSA) is 44.5 Å². The van der Waals surface area contributed by atoms with Crippen molar-refractivity contribution < 1.29 is 9.47 Å². The van der Waals surface area contributed by atoms with Crippen LogP contribution in [0.15, 0.2) is 48.5 Å². The number of rotatable bonds is 4. The van der Waals surface area contributed by atoms with E-state index in [1.165, 1.54) is 0 Å². The Morgan fingerprint density at radius 1 is 1.00 bits per heavy atom. The van der Waals surface area contributed by atoms with Gasteiger partial charge in [-0.1, -0.05) is 24.3 Å². The number of methoxy groups -OCH3 is 1. The van der Waals surface area contributed by atoms with Crippen molar-refractivity contribution >= 4 is 0 Å². The zero-order valence-corrected chi connectivity index (χ0v) is 9.72. The molecule has 0 heterocycles. The number of nitrogens with two attached hydrogens (primary N) is 1. The Labute approximate surface area is 101 Å². The summed E-state index contributed by atoms with van der Waals surface area (Å²) in [5.74, 6) is 2.29. The van der Waals surface area contributed by atoms with Crippen LogP contribution in [0.2, 0.25) is 0 Å². The third-order valence-corrected chi connectivity index (χ3v) is 2.46. The predicted molar refractivity (Wildman–Crippen MR) is 67.4 cm³/mol. The van der Waals surface area contributed by atoms with Crippen LogP contribution in [0.1, 0.15) is 5.56 Å². The maximum absolute atomic E-state index is 5.70. The molecule has 2 rings (SSSR count). The van der Waals surface area contributed by atoms with E-state index in [0.29, 0.717) is 6.54 Å². The van der Waals surface area contributed by atoms with Crippen LogP contribution in [-0.4, -0.2) is 7.11 Å². The SMILES string of the molecule is COc1cc(Oc2ccccc2)ccc1CN. The second-order valence-electron chi connectivity index (χ2n) is 3.59. The van der Waals surface area contributed by atoms with Gasteiger partial charge in [0.25, 0.3) is 0 Å². The summed E-state index contributed by atoms with van der Waals surface area (Å²) in [4.78, 5) is 0. The Balaban J connectivity index is 2.22. The summed E-state index contributed by atoms with van der Waals surface area (Å²) >= 11 is 0. The molecule has 0 spiro atoms. The highest BCUT2D eigenvalue weighted by atomic mass is 16.5. The Morgan fingerprint density at radius 3 is 2.41 bits per heavy atom. The number of benzene rings is 2. The minimum atomic E-state index is 0.453. The first-order chi connectivity index (χ1) is 8.33. The smallest absolute Gasteiger partial charge is 0.131 e. The van der Waals surface area contributed by atoms with Gasteiger partial charge in [0.2, 0.25) is 0 Å². The van der Waals surface area contributed by atoms with E-state index in [-0.39, 0.29) is 0 Å². The van der Waals surface area contributed by atoms with Crippen LogP contribution in [0.3, 0.4) is 0 Å². The molecule has 0 saturated carbocycles. The average Bonchev–Trinajstić information content (AvgIpc) is 2.40. The molecule has 0 aliphatic carbocycles. The van der Waals surface area contributed by atoms with Gasteiger partial charge in [0.15, 0.2) is 0 Å². The van der Waals surface area contributed by atoms with Gasteiger partial charge in [0, 0.05) is 18.2 Å². The van der Waals surface area contributed by atoms with E-state index in [9.17, 15) is 0 Å². The van der Waals surface area contributed by atoms with Crippen LogP contribution in [-0.2, 0) is 6.54 Å². The first-order valence-electron chi connectivity index (χ1n) is 5.43. The summed E-state index contributed by atoms with van der Waals surface area (Å²) in [5, 5.41) is 0. The van der Waals surface area contributed by atoms with Gasteiger partial charge in [-0.2, -0.15) is 0 Å². The lowest BCUT2D eigenvalue weighted by Gasteiger charge is -2.10. The van der Waals surface area contributed by atoms with Crippen molar-refractivity contribution in [3.63, 3.8) is 0 Å². The van der Waals surface area contributed by atoms with E-state index in [2.05, 4.69) is 0 Å². The van der Waals surface area contributed by atoms with Crippen molar-refractivity contribution in [1.29, 1.82) is 0 Å². The van der Waals surface area contributed by atoms with Gasteiger partial charge >= 0.3 is 0 Å². The van der Waals surface area contributed by atoms with Crippen molar-refractivity contribution in [2.24, 2.45) is 5.73 Å². The van der Waals surface area contributed by atoms with E-state index in [0.717, 1.165) is 22.8 Å². The minimum Gasteiger partial charge on any atom is -0.496 e. The molecule has 0 saturated heterocycles. The third-order valence-electron chi connectivity index (χ3n) is 2.46. The molecule has 0 bridgehead atoms. The molecule has 88 valence electrons. The van der Waals surface area contributed by atoms with Gasteiger partial charge in [-0.05, 0) is 18.2 Å². The molecule has 2 aromatic rings. The third kappa shape index (κ3) is 2.77. The molecule has 0 aliphatic rings. The van der Waals surface area contributed by atoms with Crippen LogP contribution in [0.25, 0.3) is 0 Å². The van der Waals surface area contributed by atoms with Gasteiger partial charge < -0.3 is 15.2 Å². The van der Waals surface area contributed by atoms with Gasteiger partial charge in [-0.15, -0.1) is 0 Å². The van der Waals surface area contributed by atoms with Crippen molar-refractivity contribution in [3.8, 4) is 17.2 Å². The molecular formula is C14H15NO2. The fraction of sp³-hybridized carbons (Fsp3) is 0.143. The number of para-hydroxylation sites is 1. The second-order valence-corrected chi connectivity index (χ2v) is 3.59. The van der Waals surface area contributed by atoms with E-state index in [4.69, 9.17) is 15.2 Å². The fourth-order valence-corrected chi connectivity index (χ4v) is 1.58. The molecule has 0 unspecified atom stereocenters. The van der Waals surface area contributed by atoms with Crippen molar-refractivity contribution in [1.82, 2.24) is 0 Å². The Kier molecular flexibility index (Phi) is 3.62. The first-order valence-corrected chi connectivity index (χ1v) is 5.43. The molecule has 0 amide bonds. The van der Waals surface area contributed by atoms with Crippen LogP contribution >= 0.6 is 0 Å². The molecule has 0 radical (unpaired) electrons. The molecule has 0 fully saturated rings. The standard InChI is InChI=1S/C14H15NO2/c1-16-14-9-13(8-7-11(14)10-15)17-12-5-3-2-4-6-12/h2-9H,10,15H2,1H3. The summed E-state index contributed by atoms with van der Waals surface area (Å²) < 4.78 is 11.0. The number of ether oxygens (including phenoxy) is 2. The van der Waals surface area contributed by atoms with E-state index < -0.39 is 0 Å². The Hall–Kier alpha value is -2.00. The minimum absolute atomic E-state index is 0.453. The number of hydrogen-bond donors (Lipinski definition) is 1. The molecular weight excluding hydrogens is 214 g/mol. The lowest BCUT2D eigenvalue weighted by molar-refractivity contribution is 0.404. The maximum Gasteiger partial charge on any atom is 0.131 e. The molecule has 2 N–H and O–H groups in total. The first kappa shape index (κ1) is 11.5. The van der Waals surface area contributed by atoms with Crippen LogP contribution in [0.4, 0.5) is 0 Å².